The van der Waals surface area contributed by atoms with Crippen molar-refractivity contribution in [1.82, 2.24) is 9.97 Å². The molecule has 1 aliphatic rings. The molecule has 1 aliphatic heterocycles. The number of carbonyl (C=O) groups is 1. The molecule has 1 N–H and O–H groups in total. The van der Waals surface area contributed by atoms with E-state index in [1.807, 2.05) is 36.4 Å². The zero-order valence-electron chi connectivity index (χ0n) is 16.4. The van der Waals surface area contributed by atoms with E-state index in [1.54, 1.807) is 12.4 Å². The van der Waals surface area contributed by atoms with Gasteiger partial charge in [0.2, 0.25) is 5.95 Å². The molecule has 0 radical (unpaired) electrons. The first-order valence-corrected chi connectivity index (χ1v) is 10.7. The lowest BCUT2D eigenvalue weighted by Crippen LogP contribution is -2.47. The van der Waals surface area contributed by atoms with E-state index in [2.05, 4.69) is 49.4 Å². The third-order valence-corrected chi connectivity index (χ3v) is 6.34. The van der Waals surface area contributed by atoms with E-state index < -0.39 is 0 Å². The van der Waals surface area contributed by atoms with E-state index in [4.69, 9.17) is 0 Å². The molecule has 6 nitrogen and oxygen atoms in total. The second-order valence-electron chi connectivity index (χ2n) is 7.18. The second kappa shape index (κ2) is 8.12. The molecule has 0 atom stereocenters. The third-order valence-electron chi connectivity index (χ3n) is 5.23. The molecule has 0 unspecified atom stereocenters. The number of rotatable bonds is 4. The van der Waals surface area contributed by atoms with Gasteiger partial charge in [-0.2, -0.15) is 0 Å². The van der Waals surface area contributed by atoms with E-state index in [-0.39, 0.29) is 5.91 Å². The Labute approximate surface area is 178 Å². The highest BCUT2D eigenvalue weighted by Gasteiger charge is 2.19. The van der Waals surface area contributed by atoms with E-state index >= 15 is 0 Å². The topological polar surface area (TPSA) is 61.4 Å². The molecule has 1 fully saturated rings. The highest BCUT2D eigenvalue weighted by Crippen LogP contribution is 2.26. The summed E-state index contributed by atoms with van der Waals surface area (Å²) in [6, 6.07) is 20.3. The summed E-state index contributed by atoms with van der Waals surface area (Å²) in [6.07, 6.45) is 3.36. The highest BCUT2D eigenvalue weighted by atomic mass is 32.1. The van der Waals surface area contributed by atoms with Gasteiger partial charge in [0, 0.05) is 36.6 Å². The smallest absolute Gasteiger partial charge is 0.265 e. The number of fused-ring (bicyclic) bond motifs is 1. The first-order valence-electron chi connectivity index (χ1n) is 9.93. The summed E-state index contributed by atoms with van der Waals surface area (Å²) in [7, 11) is 0. The predicted octanol–water partition coefficient (Wildman–Crippen LogP) is 4.27. The minimum absolute atomic E-state index is 0.135. The summed E-state index contributed by atoms with van der Waals surface area (Å²) < 4.78 is 1.10. The van der Waals surface area contributed by atoms with Crippen molar-refractivity contribution in [2.24, 2.45) is 0 Å². The van der Waals surface area contributed by atoms with Crippen molar-refractivity contribution < 1.29 is 4.79 Å². The van der Waals surface area contributed by atoms with Gasteiger partial charge in [0.05, 0.1) is 23.0 Å². The fourth-order valence-corrected chi connectivity index (χ4v) is 4.60. The molecule has 0 bridgehead atoms. The van der Waals surface area contributed by atoms with Crippen molar-refractivity contribution in [2.75, 3.05) is 41.3 Å². The quantitative estimate of drug-likeness (QED) is 0.539. The highest BCUT2D eigenvalue weighted by molar-refractivity contribution is 7.20. The number of aromatic nitrogens is 2. The number of hydrogen-bond acceptors (Lipinski definition) is 6. The lowest BCUT2D eigenvalue weighted by atomic mass is 10.2. The molecule has 5 rings (SSSR count). The van der Waals surface area contributed by atoms with Gasteiger partial charge in [-0.15, -0.1) is 11.3 Å². The molecule has 1 amide bonds. The largest absolute Gasteiger partial charge is 0.368 e. The Bertz CT molecular complexity index is 1120. The van der Waals surface area contributed by atoms with Crippen LogP contribution in [-0.4, -0.2) is 42.1 Å². The van der Waals surface area contributed by atoms with Crippen molar-refractivity contribution in [2.45, 2.75) is 0 Å². The Hall–Kier alpha value is -3.45. The fourth-order valence-electron chi connectivity index (χ4n) is 3.64. The number of amides is 1. The maximum absolute atomic E-state index is 12.6. The summed E-state index contributed by atoms with van der Waals surface area (Å²) >= 11 is 1.48. The van der Waals surface area contributed by atoms with E-state index in [0.29, 0.717) is 16.5 Å². The van der Waals surface area contributed by atoms with E-state index in [1.165, 1.54) is 17.0 Å². The molecule has 1 saturated heterocycles. The molecule has 3 heterocycles. The SMILES string of the molecule is O=C(Nc1cnc(N2CCN(c3ccccc3)CC2)nc1)c1cc2ccccc2s1. The number of nitrogens with one attached hydrogen (secondary N) is 1. The Morgan fingerprint density at radius 1 is 0.867 bits per heavy atom. The van der Waals surface area contributed by atoms with Crippen LogP contribution in [0.1, 0.15) is 9.67 Å². The van der Waals surface area contributed by atoms with Crippen LogP contribution in [0.25, 0.3) is 10.1 Å². The molecule has 0 spiro atoms. The zero-order chi connectivity index (χ0) is 20.3. The molecule has 30 heavy (non-hydrogen) atoms. The van der Waals surface area contributed by atoms with Gasteiger partial charge in [-0.25, -0.2) is 9.97 Å². The van der Waals surface area contributed by atoms with Gasteiger partial charge in [0.25, 0.3) is 5.91 Å². The van der Waals surface area contributed by atoms with Crippen LogP contribution in [0.3, 0.4) is 0 Å². The number of carbonyl (C=O) groups excluding carboxylic acids is 1. The average molecular weight is 416 g/mol. The van der Waals surface area contributed by atoms with Crippen molar-refractivity contribution >= 4 is 44.7 Å². The van der Waals surface area contributed by atoms with Gasteiger partial charge in [0.15, 0.2) is 0 Å². The van der Waals surface area contributed by atoms with Gasteiger partial charge < -0.3 is 15.1 Å². The number of para-hydroxylation sites is 1. The van der Waals surface area contributed by atoms with Crippen LogP contribution in [0.2, 0.25) is 0 Å². The minimum Gasteiger partial charge on any atom is -0.368 e. The number of benzene rings is 2. The van der Waals surface area contributed by atoms with Crippen LogP contribution in [0.5, 0.6) is 0 Å². The van der Waals surface area contributed by atoms with Gasteiger partial charge in [0.1, 0.15) is 0 Å². The summed E-state index contributed by atoms with van der Waals surface area (Å²) in [5, 5.41) is 3.98. The number of nitrogens with zero attached hydrogens (tertiary/aromatic N) is 4. The van der Waals surface area contributed by atoms with Crippen LogP contribution in [0.4, 0.5) is 17.3 Å². The molecular formula is C23H21N5OS. The normalized spacial score (nSPS) is 14.1. The predicted molar refractivity (Wildman–Crippen MR) is 123 cm³/mol. The number of hydrogen-bond donors (Lipinski definition) is 1. The maximum atomic E-state index is 12.6. The number of piperazine rings is 1. The van der Waals surface area contributed by atoms with Crippen LogP contribution < -0.4 is 15.1 Å². The first kappa shape index (κ1) is 18.6. The number of anilines is 3. The van der Waals surface area contributed by atoms with Crippen molar-refractivity contribution in [1.29, 1.82) is 0 Å². The Morgan fingerprint density at radius 2 is 1.53 bits per heavy atom. The molecule has 150 valence electrons. The minimum atomic E-state index is -0.135. The van der Waals surface area contributed by atoms with E-state index in [0.717, 1.165) is 36.3 Å². The molecular weight excluding hydrogens is 394 g/mol. The van der Waals surface area contributed by atoms with Crippen molar-refractivity contribution in [3.8, 4) is 0 Å². The Morgan fingerprint density at radius 3 is 2.27 bits per heavy atom. The summed E-state index contributed by atoms with van der Waals surface area (Å²) in [5.74, 6) is 0.562. The number of thiophene rings is 1. The van der Waals surface area contributed by atoms with Crippen LogP contribution >= 0.6 is 11.3 Å². The lowest BCUT2D eigenvalue weighted by Gasteiger charge is -2.36. The Balaban J connectivity index is 1.21. The molecule has 0 aliphatic carbocycles. The van der Waals surface area contributed by atoms with Crippen LogP contribution in [0, 0.1) is 0 Å². The summed E-state index contributed by atoms with van der Waals surface area (Å²) in [5.41, 5.74) is 1.85. The molecule has 2 aromatic heterocycles. The van der Waals surface area contributed by atoms with Gasteiger partial charge >= 0.3 is 0 Å². The molecule has 4 aromatic rings. The van der Waals surface area contributed by atoms with Crippen LogP contribution in [-0.2, 0) is 0 Å². The first-order chi connectivity index (χ1) is 14.8. The second-order valence-corrected chi connectivity index (χ2v) is 8.27. The van der Waals surface area contributed by atoms with Gasteiger partial charge in [-0.3, -0.25) is 4.79 Å². The maximum Gasteiger partial charge on any atom is 0.265 e. The molecule has 2 aromatic carbocycles. The van der Waals surface area contributed by atoms with Crippen LogP contribution in [0.15, 0.2) is 73.1 Å². The summed E-state index contributed by atoms with van der Waals surface area (Å²) in [6.45, 7) is 3.58. The Kier molecular flexibility index (Phi) is 5.03. The fraction of sp³-hybridized carbons (Fsp3) is 0.174. The third kappa shape index (κ3) is 3.84. The van der Waals surface area contributed by atoms with Crippen molar-refractivity contribution in [3.05, 3.63) is 77.9 Å². The van der Waals surface area contributed by atoms with Gasteiger partial charge in [-0.1, -0.05) is 36.4 Å². The van der Waals surface area contributed by atoms with E-state index in [9.17, 15) is 4.79 Å². The average Bonchev–Trinajstić information content (AvgIpc) is 3.25. The molecule has 0 saturated carbocycles. The lowest BCUT2D eigenvalue weighted by molar-refractivity contribution is 0.103. The molecule has 7 heteroatoms. The summed E-state index contributed by atoms with van der Waals surface area (Å²) in [4.78, 5) is 26.7. The zero-order valence-corrected chi connectivity index (χ0v) is 17.2. The standard InChI is InChI=1S/C23H21N5OS/c29-22(21-14-17-6-4-5-9-20(17)30-21)26-18-15-24-23(25-16-18)28-12-10-27(11-13-28)19-7-2-1-3-8-19/h1-9,14-16H,10-13H2,(H,26,29). The van der Waals surface area contributed by atoms with Gasteiger partial charge in [-0.05, 0) is 29.7 Å². The van der Waals surface area contributed by atoms with Crippen molar-refractivity contribution in [3.63, 3.8) is 0 Å². The monoisotopic (exact) mass is 415 g/mol.